The molecule has 136 valence electrons. The summed E-state index contributed by atoms with van der Waals surface area (Å²) in [6.07, 6.45) is 6.43. The molecule has 1 aromatic heterocycles. The fourth-order valence-corrected chi connectivity index (χ4v) is 3.00. The molecule has 6 nitrogen and oxygen atoms in total. The number of nitrogens with zero attached hydrogens (tertiary/aromatic N) is 2. The number of allylic oxidation sites excluding steroid dienone is 2. The predicted molar refractivity (Wildman–Crippen MR) is 106 cm³/mol. The Balaban J connectivity index is 1.72. The third kappa shape index (κ3) is 3.19. The highest BCUT2D eigenvalue weighted by atomic mass is 16.2. The lowest BCUT2D eigenvalue weighted by molar-refractivity contribution is -0.122. The van der Waals surface area contributed by atoms with Gasteiger partial charge in [0.1, 0.15) is 5.57 Å². The molecule has 0 saturated carbocycles. The van der Waals surface area contributed by atoms with Gasteiger partial charge in [-0.05, 0) is 35.9 Å². The molecule has 0 aliphatic carbocycles. The number of fused-ring (bicyclic) bond motifs is 1. The van der Waals surface area contributed by atoms with Crippen LogP contribution in [-0.4, -0.2) is 22.8 Å². The number of pyridine rings is 1. The number of rotatable bonds is 3. The third-order valence-electron chi connectivity index (χ3n) is 4.32. The summed E-state index contributed by atoms with van der Waals surface area (Å²) < 4.78 is 0. The number of anilines is 1. The molecule has 4 amide bonds. The van der Waals surface area contributed by atoms with E-state index in [0.717, 1.165) is 10.5 Å². The minimum atomic E-state index is -0.782. The van der Waals surface area contributed by atoms with Gasteiger partial charge in [-0.15, -0.1) is 0 Å². The summed E-state index contributed by atoms with van der Waals surface area (Å²) >= 11 is 0. The summed E-state index contributed by atoms with van der Waals surface area (Å²) in [5, 5.41) is 2.87. The first kappa shape index (κ1) is 17.4. The molecular formula is C22H15N3O3. The highest BCUT2D eigenvalue weighted by Gasteiger charge is 2.37. The summed E-state index contributed by atoms with van der Waals surface area (Å²) in [7, 11) is 0. The number of hydrogen-bond acceptors (Lipinski definition) is 4. The quantitative estimate of drug-likeness (QED) is 0.566. The number of aromatic nitrogens is 1. The smallest absolute Gasteiger partial charge is 0.273 e. The molecule has 1 fully saturated rings. The Morgan fingerprint density at radius 1 is 0.893 bits per heavy atom. The molecule has 1 aliphatic heterocycles. The van der Waals surface area contributed by atoms with Crippen LogP contribution in [0.15, 0.2) is 84.6 Å². The minimum absolute atomic E-state index is 0.118. The van der Waals surface area contributed by atoms with Gasteiger partial charge in [-0.1, -0.05) is 48.6 Å². The molecule has 6 heteroatoms. The molecule has 3 aromatic rings. The maximum atomic E-state index is 13.0. The van der Waals surface area contributed by atoms with E-state index in [1.807, 2.05) is 30.3 Å². The number of carbonyl (C=O) groups excluding carboxylic acids is 3. The lowest BCUT2D eigenvalue weighted by Crippen LogP contribution is -2.54. The van der Waals surface area contributed by atoms with Gasteiger partial charge in [-0.3, -0.25) is 19.9 Å². The van der Waals surface area contributed by atoms with Crippen molar-refractivity contribution in [2.24, 2.45) is 0 Å². The number of barbiturate groups is 1. The Bertz CT molecular complexity index is 1140. The van der Waals surface area contributed by atoms with E-state index >= 15 is 0 Å². The van der Waals surface area contributed by atoms with E-state index in [-0.39, 0.29) is 5.57 Å². The van der Waals surface area contributed by atoms with Crippen LogP contribution in [0, 0.1) is 0 Å². The molecule has 1 aliphatic rings. The van der Waals surface area contributed by atoms with Crippen molar-refractivity contribution in [1.82, 2.24) is 10.3 Å². The largest absolute Gasteiger partial charge is 0.335 e. The van der Waals surface area contributed by atoms with Crippen LogP contribution in [0.25, 0.3) is 17.0 Å². The Hall–Kier alpha value is -4.06. The molecule has 0 radical (unpaired) electrons. The van der Waals surface area contributed by atoms with Gasteiger partial charge in [0.05, 0.1) is 11.2 Å². The van der Waals surface area contributed by atoms with Crippen molar-refractivity contribution in [3.05, 3.63) is 90.1 Å². The molecule has 4 rings (SSSR count). The Morgan fingerprint density at radius 3 is 2.54 bits per heavy atom. The lowest BCUT2D eigenvalue weighted by atomic mass is 10.1. The van der Waals surface area contributed by atoms with Crippen LogP contribution in [-0.2, 0) is 9.59 Å². The number of imide groups is 2. The Morgan fingerprint density at radius 2 is 1.71 bits per heavy atom. The zero-order valence-electron chi connectivity index (χ0n) is 14.7. The van der Waals surface area contributed by atoms with Gasteiger partial charge in [0.25, 0.3) is 11.8 Å². The number of hydrogen-bond donors (Lipinski definition) is 1. The summed E-state index contributed by atoms with van der Waals surface area (Å²) in [5.74, 6) is -1.40. The summed E-state index contributed by atoms with van der Waals surface area (Å²) in [4.78, 5) is 42.8. The fraction of sp³-hybridized carbons (Fsp3) is 0. The van der Waals surface area contributed by atoms with Crippen LogP contribution < -0.4 is 10.2 Å². The highest BCUT2D eigenvalue weighted by molar-refractivity contribution is 6.38. The summed E-state index contributed by atoms with van der Waals surface area (Å²) in [5.41, 5.74) is 1.83. The van der Waals surface area contributed by atoms with Crippen molar-refractivity contribution >= 4 is 40.5 Å². The fourth-order valence-electron chi connectivity index (χ4n) is 3.00. The zero-order valence-corrected chi connectivity index (χ0v) is 14.7. The molecular weight excluding hydrogens is 354 g/mol. The normalized spacial score (nSPS) is 16.2. The number of nitrogens with one attached hydrogen (secondary N) is 1. The van der Waals surface area contributed by atoms with Crippen LogP contribution >= 0.6 is 0 Å². The standard InChI is InChI=1S/C22H15N3O3/c26-20-17(10-4-9-15-7-2-1-3-8-15)21(27)25(22(28)24-20)19-13-5-12-18-16(19)11-6-14-23-18/h1-14H,(H,24,26,28)/b9-4+,17-10-. The van der Waals surface area contributed by atoms with Gasteiger partial charge in [0.15, 0.2) is 0 Å². The van der Waals surface area contributed by atoms with Gasteiger partial charge < -0.3 is 0 Å². The lowest BCUT2D eigenvalue weighted by Gasteiger charge is -2.27. The van der Waals surface area contributed by atoms with Crippen molar-refractivity contribution in [1.29, 1.82) is 0 Å². The first-order valence-corrected chi connectivity index (χ1v) is 8.62. The van der Waals surface area contributed by atoms with Gasteiger partial charge >= 0.3 is 6.03 Å². The molecule has 0 bridgehead atoms. The van der Waals surface area contributed by atoms with Crippen LogP contribution in [0.2, 0.25) is 0 Å². The highest BCUT2D eigenvalue weighted by Crippen LogP contribution is 2.28. The average Bonchev–Trinajstić information content (AvgIpc) is 2.71. The van der Waals surface area contributed by atoms with Gasteiger partial charge in [-0.25, -0.2) is 9.69 Å². The summed E-state index contributed by atoms with van der Waals surface area (Å²) in [6, 6.07) is 17.3. The van der Waals surface area contributed by atoms with Gasteiger partial charge in [-0.2, -0.15) is 0 Å². The molecule has 1 N–H and O–H groups in total. The molecule has 0 atom stereocenters. The topological polar surface area (TPSA) is 79.4 Å². The van der Waals surface area contributed by atoms with E-state index in [1.54, 1.807) is 48.7 Å². The second-order valence-corrected chi connectivity index (χ2v) is 6.10. The van der Waals surface area contributed by atoms with E-state index < -0.39 is 17.8 Å². The number of urea groups is 1. The van der Waals surface area contributed by atoms with Crippen LogP contribution in [0.4, 0.5) is 10.5 Å². The monoisotopic (exact) mass is 369 g/mol. The molecule has 0 spiro atoms. The van der Waals surface area contributed by atoms with E-state index in [0.29, 0.717) is 16.6 Å². The molecule has 1 saturated heterocycles. The summed E-state index contributed by atoms with van der Waals surface area (Å²) in [6.45, 7) is 0. The van der Waals surface area contributed by atoms with Crippen molar-refractivity contribution in [2.75, 3.05) is 4.90 Å². The molecule has 28 heavy (non-hydrogen) atoms. The van der Waals surface area contributed by atoms with Gasteiger partial charge in [0, 0.05) is 11.6 Å². The van der Waals surface area contributed by atoms with E-state index in [2.05, 4.69) is 10.3 Å². The maximum absolute atomic E-state index is 13.0. The van der Waals surface area contributed by atoms with Crippen molar-refractivity contribution < 1.29 is 14.4 Å². The Labute approximate surface area is 160 Å². The number of amides is 4. The first-order chi connectivity index (χ1) is 13.6. The van der Waals surface area contributed by atoms with E-state index in [1.165, 1.54) is 6.08 Å². The maximum Gasteiger partial charge on any atom is 0.335 e. The zero-order chi connectivity index (χ0) is 19.5. The number of benzene rings is 2. The van der Waals surface area contributed by atoms with Crippen molar-refractivity contribution in [2.45, 2.75) is 0 Å². The van der Waals surface area contributed by atoms with E-state index in [4.69, 9.17) is 0 Å². The first-order valence-electron chi connectivity index (χ1n) is 8.62. The average molecular weight is 369 g/mol. The van der Waals surface area contributed by atoms with Crippen LogP contribution in [0.3, 0.4) is 0 Å². The second-order valence-electron chi connectivity index (χ2n) is 6.10. The van der Waals surface area contributed by atoms with E-state index in [9.17, 15) is 14.4 Å². The van der Waals surface area contributed by atoms with Crippen LogP contribution in [0.1, 0.15) is 5.56 Å². The minimum Gasteiger partial charge on any atom is -0.273 e. The Kier molecular flexibility index (Phi) is 4.51. The molecule has 2 heterocycles. The van der Waals surface area contributed by atoms with Crippen LogP contribution in [0.5, 0.6) is 0 Å². The SMILES string of the molecule is O=C1NC(=O)N(c2cccc3ncccc23)C(=O)/C1=C\C=C\c1ccccc1. The molecule has 0 unspecified atom stereocenters. The number of carbonyl (C=O) groups is 3. The molecule has 2 aromatic carbocycles. The predicted octanol–water partition coefficient (Wildman–Crippen LogP) is 3.46. The van der Waals surface area contributed by atoms with Crippen molar-refractivity contribution in [3.63, 3.8) is 0 Å². The van der Waals surface area contributed by atoms with Crippen molar-refractivity contribution in [3.8, 4) is 0 Å². The van der Waals surface area contributed by atoms with Gasteiger partial charge in [0.2, 0.25) is 0 Å². The third-order valence-corrected chi connectivity index (χ3v) is 4.32. The second kappa shape index (κ2) is 7.28.